The Labute approximate surface area is 181 Å². The van der Waals surface area contributed by atoms with Crippen molar-refractivity contribution in [1.82, 2.24) is 10.6 Å². The van der Waals surface area contributed by atoms with Gasteiger partial charge in [0.2, 0.25) is 0 Å². The second kappa shape index (κ2) is 12.8. The number of hydrogen-bond acceptors (Lipinski definition) is 4. The molecule has 0 spiro atoms. The molecule has 8 heteroatoms. The van der Waals surface area contributed by atoms with Crippen molar-refractivity contribution in [3.63, 3.8) is 0 Å². The van der Waals surface area contributed by atoms with Crippen LogP contribution < -0.4 is 20.1 Å². The van der Waals surface area contributed by atoms with E-state index in [1.165, 1.54) is 6.07 Å². The number of aliphatic imine (C=N–C) groups is 1. The fraction of sp³-hybridized carbons (Fsp3) is 0.300. The van der Waals surface area contributed by atoms with E-state index < -0.39 is 5.82 Å². The minimum absolute atomic E-state index is 0. The van der Waals surface area contributed by atoms with E-state index in [4.69, 9.17) is 14.7 Å². The fourth-order valence-corrected chi connectivity index (χ4v) is 2.26. The van der Waals surface area contributed by atoms with Crippen LogP contribution in [0.4, 0.5) is 4.39 Å². The molecule has 0 atom stereocenters. The Kier molecular flexibility index (Phi) is 10.7. The van der Waals surface area contributed by atoms with Crippen molar-refractivity contribution in [2.75, 3.05) is 26.8 Å². The Balaban J connectivity index is 0.00000392. The average Bonchev–Trinajstić information content (AvgIpc) is 2.70. The molecule has 28 heavy (non-hydrogen) atoms. The van der Waals surface area contributed by atoms with Gasteiger partial charge in [-0.05, 0) is 43.3 Å². The van der Waals surface area contributed by atoms with Gasteiger partial charge in [0.25, 0.3) is 0 Å². The molecular weight excluding hydrogens is 474 g/mol. The summed E-state index contributed by atoms with van der Waals surface area (Å²) in [5.41, 5.74) is 0.724. The van der Waals surface area contributed by atoms with Crippen LogP contribution in [0.3, 0.4) is 0 Å². The monoisotopic (exact) mass is 498 g/mol. The highest BCUT2D eigenvalue weighted by Crippen LogP contribution is 2.16. The highest BCUT2D eigenvalue weighted by atomic mass is 127. The van der Waals surface area contributed by atoms with Gasteiger partial charge in [-0.1, -0.05) is 6.07 Å². The Morgan fingerprint density at radius 2 is 1.86 bits per heavy atom. The van der Waals surface area contributed by atoms with Crippen molar-refractivity contribution in [1.29, 1.82) is 5.26 Å². The lowest BCUT2D eigenvalue weighted by atomic mass is 10.1. The van der Waals surface area contributed by atoms with Crippen molar-refractivity contribution in [2.45, 2.75) is 13.5 Å². The zero-order chi connectivity index (χ0) is 19.5. The Bertz CT molecular complexity index is 807. The Morgan fingerprint density at radius 3 is 2.46 bits per heavy atom. The van der Waals surface area contributed by atoms with Crippen molar-refractivity contribution in [3.8, 4) is 17.6 Å². The Hall–Kier alpha value is -2.54. The maximum atomic E-state index is 13.9. The van der Waals surface area contributed by atoms with Crippen LogP contribution in [0.5, 0.6) is 11.5 Å². The van der Waals surface area contributed by atoms with E-state index in [1.807, 2.05) is 37.3 Å². The van der Waals surface area contributed by atoms with E-state index in [0.717, 1.165) is 11.5 Å². The molecule has 0 fully saturated rings. The van der Waals surface area contributed by atoms with Gasteiger partial charge in [0, 0.05) is 12.1 Å². The third-order valence-electron chi connectivity index (χ3n) is 3.66. The minimum Gasteiger partial charge on any atom is -0.497 e. The normalized spacial score (nSPS) is 10.4. The minimum atomic E-state index is -0.434. The number of rotatable bonds is 8. The molecule has 0 saturated carbocycles. The lowest BCUT2D eigenvalue weighted by molar-refractivity contribution is 0.321. The number of nitrogens with zero attached hydrogens (tertiary/aromatic N) is 2. The number of ether oxygens (including phenoxy) is 2. The Morgan fingerprint density at radius 1 is 1.14 bits per heavy atom. The predicted molar refractivity (Wildman–Crippen MR) is 118 cm³/mol. The smallest absolute Gasteiger partial charge is 0.191 e. The van der Waals surface area contributed by atoms with Gasteiger partial charge < -0.3 is 20.1 Å². The largest absolute Gasteiger partial charge is 0.497 e. The molecule has 0 unspecified atom stereocenters. The first-order valence-corrected chi connectivity index (χ1v) is 8.63. The number of hydrogen-bond donors (Lipinski definition) is 2. The molecule has 2 aromatic rings. The summed E-state index contributed by atoms with van der Waals surface area (Å²) in [7, 11) is 1.62. The molecule has 2 rings (SSSR count). The number of benzene rings is 2. The van der Waals surface area contributed by atoms with Crippen molar-refractivity contribution in [2.24, 2.45) is 4.99 Å². The van der Waals surface area contributed by atoms with Gasteiger partial charge in [0.05, 0.1) is 31.8 Å². The summed E-state index contributed by atoms with van der Waals surface area (Å²) < 4.78 is 24.7. The van der Waals surface area contributed by atoms with Crippen LogP contribution in [0.1, 0.15) is 18.1 Å². The highest BCUT2D eigenvalue weighted by molar-refractivity contribution is 14.0. The first-order chi connectivity index (χ1) is 13.2. The maximum absolute atomic E-state index is 13.9. The van der Waals surface area contributed by atoms with Crippen LogP contribution in [0.25, 0.3) is 0 Å². The lowest BCUT2D eigenvalue weighted by Gasteiger charge is -2.12. The lowest BCUT2D eigenvalue weighted by Crippen LogP contribution is -2.39. The number of nitriles is 1. The predicted octanol–water partition coefficient (Wildman–Crippen LogP) is 3.46. The molecule has 2 N–H and O–H groups in total. The summed E-state index contributed by atoms with van der Waals surface area (Å²) in [6.45, 7) is 3.79. The molecule has 2 aromatic carbocycles. The molecule has 0 amide bonds. The van der Waals surface area contributed by atoms with E-state index >= 15 is 0 Å². The maximum Gasteiger partial charge on any atom is 0.191 e. The molecule has 0 aliphatic carbocycles. The highest BCUT2D eigenvalue weighted by Gasteiger charge is 2.04. The van der Waals surface area contributed by atoms with Gasteiger partial charge in [0.15, 0.2) is 5.96 Å². The summed E-state index contributed by atoms with van der Waals surface area (Å²) in [5.74, 6) is 1.66. The van der Waals surface area contributed by atoms with E-state index in [9.17, 15) is 4.39 Å². The fourth-order valence-electron chi connectivity index (χ4n) is 2.26. The summed E-state index contributed by atoms with van der Waals surface area (Å²) in [6, 6.07) is 13.6. The summed E-state index contributed by atoms with van der Waals surface area (Å²) >= 11 is 0. The van der Waals surface area contributed by atoms with E-state index in [2.05, 4.69) is 15.6 Å². The molecule has 150 valence electrons. The number of nitrogens with one attached hydrogen (secondary N) is 2. The number of methoxy groups -OCH3 is 1. The van der Waals surface area contributed by atoms with Gasteiger partial charge in [-0.25, -0.2) is 9.38 Å². The summed E-state index contributed by atoms with van der Waals surface area (Å²) in [6.07, 6.45) is 0. The SMILES string of the molecule is CCNC(=NCc1ccc(C#N)cc1F)NCCOc1ccc(OC)cc1.I. The van der Waals surface area contributed by atoms with E-state index in [1.54, 1.807) is 19.2 Å². The van der Waals surface area contributed by atoms with Crippen LogP contribution in [0.15, 0.2) is 47.5 Å². The first-order valence-electron chi connectivity index (χ1n) is 8.63. The van der Waals surface area contributed by atoms with Gasteiger partial charge in [-0.3, -0.25) is 0 Å². The molecule has 0 aromatic heterocycles. The standard InChI is InChI=1S/C20H23FN4O2.HI/c1-3-23-20(25-14-16-5-4-15(13-22)12-19(16)21)24-10-11-27-18-8-6-17(26-2)7-9-18;/h4-9,12H,3,10-11,14H2,1-2H3,(H2,23,24,25);1H. The van der Waals surface area contributed by atoms with E-state index in [0.29, 0.717) is 36.8 Å². The quantitative estimate of drug-likeness (QED) is 0.252. The third kappa shape index (κ3) is 7.60. The van der Waals surface area contributed by atoms with Crippen molar-refractivity contribution < 1.29 is 13.9 Å². The molecule has 0 aliphatic rings. The third-order valence-corrected chi connectivity index (χ3v) is 3.66. The summed E-state index contributed by atoms with van der Waals surface area (Å²) in [4.78, 5) is 4.37. The van der Waals surface area contributed by atoms with Gasteiger partial charge in [-0.15, -0.1) is 24.0 Å². The van der Waals surface area contributed by atoms with Crippen LogP contribution >= 0.6 is 24.0 Å². The van der Waals surface area contributed by atoms with Gasteiger partial charge in [0.1, 0.15) is 23.9 Å². The zero-order valence-electron chi connectivity index (χ0n) is 15.9. The van der Waals surface area contributed by atoms with Crippen LogP contribution in [-0.2, 0) is 6.54 Å². The van der Waals surface area contributed by atoms with Crippen molar-refractivity contribution >= 4 is 29.9 Å². The number of halogens is 2. The molecule has 0 bridgehead atoms. The summed E-state index contributed by atoms with van der Waals surface area (Å²) in [5, 5.41) is 15.0. The molecule has 6 nitrogen and oxygen atoms in total. The zero-order valence-corrected chi connectivity index (χ0v) is 18.2. The first kappa shape index (κ1) is 23.5. The van der Waals surface area contributed by atoms with Crippen molar-refractivity contribution in [3.05, 3.63) is 59.4 Å². The van der Waals surface area contributed by atoms with Crippen LogP contribution in [0.2, 0.25) is 0 Å². The molecule has 0 radical (unpaired) electrons. The van der Waals surface area contributed by atoms with Crippen LogP contribution in [-0.4, -0.2) is 32.8 Å². The van der Waals surface area contributed by atoms with E-state index in [-0.39, 0.29) is 30.5 Å². The molecular formula is C20H24FIN4O2. The molecule has 0 saturated heterocycles. The van der Waals surface area contributed by atoms with Crippen LogP contribution in [0, 0.1) is 17.1 Å². The second-order valence-electron chi connectivity index (χ2n) is 5.56. The topological polar surface area (TPSA) is 78.7 Å². The molecule has 0 aliphatic heterocycles. The average molecular weight is 498 g/mol. The molecule has 0 heterocycles. The van der Waals surface area contributed by atoms with Gasteiger partial charge in [-0.2, -0.15) is 5.26 Å². The van der Waals surface area contributed by atoms with Gasteiger partial charge >= 0.3 is 0 Å². The second-order valence-corrected chi connectivity index (χ2v) is 5.56. The number of guanidine groups is 1.